The molecule has 0 saturated carbocycles. The molecule has 2 aliphatic heterocycles. The Hall–Kier alpha value is -2.80. The van der Waals surface area contributed by atoms with E-state index in [1.807, 2.05) is 0 Å². The van der Waals surface area contributed by atoms with Crippen LogP contribution in [0.1, 0.15) is 18.1 Å². The van der Waals surface area contributed by atoms with Gasteiger partial charge in [0.05, 0.1) is 18.5 Å². The van der Waals surface area contributed by atoms with Gasteiger partial charge in [0, 0.05) is 12.1 Å². The standard InChI is InChI=1S/C20H17F6N3O3S/c21-10-33(30,31)28-16-8-29(9-20(16,25)26)17-7-15(32-27-17)19-11(3-1-4-14(19)24)18-12(22)5-2-6-13(18)23/h1-6,15-16,28H,7-10H2/t15?,16-/m1/s1. The minimum atomic E-state index is -4.54. The van der Waals surface area contributed by atoms with E-state index in [2.05, 4.69) is 5.16 Å². The summed E-state index contributed by atoms with van der Waals surface area (Å²) >= 11 is 0. The van der Waals surface area contributed by atoms with E-state index in [1.54, 1.807) is 4.72 Å². The van der Waals surface area contributed by atoms with E-state index in [4.69, 9.17) is 4.84 Å². The molecule has 2 aromatic carbocycles. The zero-order valence-corrected chi connectivity index (χ0v) is 17.6. The number of hydrogen-bond donors (Lipinski definition) is 1. The Kier molecular flexibility index (Phi) is 6.03. The Morgan fingerprint density at radius 3 is 2.39 bits per heavy atom. The number of alkyl halides is 3. The van der Waals surface area contributed by atoms with Crippen molar-refractivity contribution >= 4 is 15.9 Å². The number of halogens is 6. The molecule has 2 heterocycles. The number of hydrogen-bond acceptors (Lipinski definition) is 5. The first-order valence-corrected chi connectivity index (χ1v) is 11.3. The lowest BCUT2D eigenvalue weighted by Crippen LogP contribution is -2.47. The maximum atomic E-state index is 14.7. The summed E-state index contributed by atoms with van der Waals surface area (Å²) in [6.07, 6.45) is -1.40. The van der Waals surface area contributed by atoms with Crippen LogP contribution >= 0.6 is 0 Å². The largest absolute Gasteiger partial charge is 0.386 e. The molecular formula is C20H17F6N3O3S. The highest BCUT2D eigenvalue weighted by atomic mass is 32.2. The summed E-state index contributed by atoms with van der Waals surface area (Å²) in [7, 11) is -4.54. The normalized spacial score (nSPS) is 22.4. The summed E-state index contributed by atoms with van der Waals surface area (Å²) in [5.41, 5.74) is -0.800. The van der Waals surface area contributed by atoms with Crippen LogP contribution in [0.15, 0.2) is 41.6 Å². The van der Waals surface area contributed by atoms with E-state index in [1.165, 1.54) is 12.1 Å². The molecule has 0 bridgehead atoms. The predicted octanol–water partition coefficient (Wildman–Crippen LogP) is 3.71. The third kappa shape index (κ3) is 4.51. The monoisotopic (exact) mass is 493 g/mol. The number of benzene rings is 2. The SMILES string of the molecule is O=S(=O)(CF)N[C@@H]1CN(C2=NOC(c3c(F)cccc3-c3c(F)cccc3F)C2)CC1(F)F. The minimum absolute atomic E-state index is 0.0372. The molecule has 1 saturated heterocycles. The van der Waals surface area contributed by atoms with Crippen molar-refractivity contribution in [3.05, 3.63) is 59.4 Å². The maximum absolute atomic E-state index is 14.7. The fourth-order valence-electron chi connectivity index (χ4n) is 3.90. The van der Waals surface area contributed by atoms with E-state index in [9.17, 15) is 34.8 Å². The van der Waals surface area contributed by atoms with Gasteiger partial charge in [-0.1, -0.05) is 23.4 Å². The van der Waals surface area contributed by atoms with E-state index in [0.29, 0.717) is 0 Å². The molecule has 2 aliphatic rings. The van der Waals surface area contributed by atoms with Crippen molar-refractivity contribution in [3.8, 4) is 11.1 Å². The Balaban J connectivity index is 1.58. The number of likely N-dealkylation sites (tertiary alicyclic amines) is 1. The van der Waals surface area contributed by atoms with Crippen LogP contribution in [0.2, 0.25) is 0 Å². The lowest BCUT2D eigenvalue weighted by molar-refractivity contribution is -0.00133. The highest BCUT2D eigenvalue weighted by Gasteiger charge is 2.51. The van der Waals surface area contributed by atoms with Gasteiger partial charge in [-0.3, -0.25) is 0 Å². The van der Waals surface area contributed by atoms with Gasteiger partial charge >= 0.3 is 0 Å². The number of nitrogens with one attached hydrogen (secondary N) is 1. The van der Waals surface area contributed by atoms with Crippen molar-refractivity contribution in [1.82, 2.24) is 9.62 Å². The first-order valence-electron chi connectivity index (χ1n) is 9.66. The molecule has 4 rings (SSSR count). The fraction of sp³-hybridized carbons (Fsp3) is 0.350. The molecule has 0 aliphatic carbocycles. The first kappa shape index (κ1) is 23.4. The average molecular weight is 493 g/mol. The van der Waals surface area contributed by atoms with E-state index in [0.717, 1.165) is 29.2 Å². The predicted molar refractivity (Wildman–Crippen MR) is 106 cm³/mol. The first-order chi connectivity index (χ1) is 15.5. The van der Waals surface area contributed by atoms with Crippen LogP contribution in [0.5, 0.6) is 0 Å². The Labute approximate surface area is 184 Å². The van der Waals surface area contributed by atoms with Crippen LogP contribution in [-0.4, -0.2) is 50.2 Å². The third-order valence-corrected chi connectivity index (χ3v) is 6.34. The van der Waals surface area contributed by atoms with Crippen LogP contribution < -0.4 is 4.72 Å². The topological polar surface area (TPSA) is 71.0 Å². The second kappa shape index (κ2) is 8.52. The summed E-state index contributed by atoms with van der Waals surface area (Å²) in [5.74, 6) is -6.27. The molecule has 0 aromatic heterocycles. The lowest BCUT2D eigenvalue weighted by Gasteiger charge is -2.18. The van der Waals surface area contributed by atoms with E-state index in [-0.39, 0.29) is 23.4 Å². The lowest BCUT2D eigenvalue weighted by atomic mass is 9.93. The number of oxime groups is 1. The molecule has 178 valence electrons. The third-order valence-electron chi connectivity index (χ3n) is 5.41. The van der Waals surface area contributed by atoms with Crippen LogP contribution in [0.25, 0.3) is 11.1 Å². The molecule has 13 heteroatoms. The van der Waals surface area contributed by atoms with Gasteiger partial charge in [0.25, 0.3) is 5.92 Å². The summed E-state index contributed by atoms with van der Waals surface area (Å²) < 4.78 is 109. The van der Waals surface area contributed by atoms with Crippen LogP contribution in [-0.2, 0) is 14.9 Å². The zero-order chi connectivity index (χ0) is 24.0. The Morgan fingerprint density at radius 2 is 1.73 bits per heavy atom. The zero-order valence-electron chi connectivity index (χ0n) is 16.7. The van der Waals surface area contributed by atoms with Crippen LogP contribution in [0.4, 0.5) is 26.3 Å². The molecule has 1 N–H and O–H groups in total. The highest BCUT2D eigenvalue weighted by molar-refractivity contribution is 7.89. The smallest absolute Gasteiger partial charge is 0.282 e. The maximum Gasteiger partial charge on any atom is 0.282 e. The van der Waals surface area contributed by atoms with Crippen LogP contribution in [0, 0.1) is 17.5 Å². The molecular weight excluding hydrogens is 476 g/mol. The van der Waals surface area contributed by atoms with Gasteiger partial charge in [-0.05, 0) is 23.8 Å². The van der Waals surface area contributed by atoms with Gasteiger partial charge in [-0.25, -0.2) is 39.5 Å². The van der Waals surface area contributed by atoms with Crippen molar-refractivity contribution in [2.75, 3.05) is 19.1 Å². The number of rotatable bonds is 5. The summed E-state index contributed by atoms with van der Waals surface area (Å²) in [5, 5.41) is 3.72. The summed E-state index contributed by atoms with van der Waals surface area (Å²) in [6, 6.07) is 3.04. The fourth-order valence-corrected chi connectivity index (χ4v) is 4.64. The van der Waals surface area contributed by atoms with Gasteiger partial charge in [0.15, 0.2) is 6.10 Å². The molecule has 1 fully saturated rings. The Morgan fingerprint density at radius 1 is 1.09 bits per heavy atom. The summed E-state index contributed by atoms with van der Waals surface area (Å²) in [6.45, 7) is -1.47. The van der Waals surface area contributed by atoms with Crippen molar-refractivity contribution in [3.63, 3.8) is 0 Å². The van der Waals surface area contributed by atoms with Gasteiger partial charge in [-0.2, -0.15) is 0 Å². The average Bonchev–Trinajstić information content (AvgIpc) is 3.32. The van der Waals surface area contributed by atoms with Gasteiger partial charge in [-0.15, -0.1) is 0 Å². The van der Waals surface area contributed by atoms with E-state index < -0.39 is 70.2 Å². The summed E-state index contributed by atoms with van der Waals surface area (Å²) in [4.78, 5) is 6.27. The van der Waals surface area contributed by atoms with Crippen LogP contribution in [0.3, 0.4) is 0 Å². The quantitative estimate of drug-likeness (QED) is 0.645. The molecule has 0 amide bonds. The van der Waals surface area contributed by atoms with Crippen molar-refractivity contribution in [2.45, 2.75) is 24.5 Å². The molecule has 6 nitrogen and oxygen atoms in total. The minimum Gasteiger partial charge on any atom is -0.386 e. The van der Waals surface area contributed by atoms with Gasteiger partial charge < -0.3 is 9.74 Å². The molecule has 2 aromatic rings. The van der Waals surface area contributed by atoms with E-state index >= 15 is 0 Å². The van der Waals surface area contributed by atoms with Gasteiger partial charge in [0.1, 0.15) is 29.3 Å². The molecule has 0 radical (unpaired) electrons. The number of nitrogens with zero attached hydrogens (tertiary/aromatic N) is 2. The number of amidine groups is 1. The molecule has 2 atom stereocenters. The van der Waals surface area contributed by atoms with Gasteiger partial charge in [0.2, 0.25) is 16.0 Å². The molecule has 33 heavy (non-hydrogen) atoms. The second-order valence-electron chi connectivity index (χ2n) is 7.64. The van der Waals surface area contributed by atoms with Crippen molar-refractivity contribution in [2.24, 2.45) is 5.16 Å². The van der Waals surface area contributed by atoms with Crippen molar-refractivity contribution in [1.29, 1.82) is 0 Å². The second-order valence-corrected chi connectivity index (χ2v) is 9.32. The molecule has 1 unspecified atom stereocenters. The Bertz CT molecular complexity index is 1190. The van der Waals surface area contributed by atoms with Crippen molar-refractivity contribution < 1.29 is 39.6 Å². The molecule has 0 spiro atoms. The number of sulfonamides is 1. The highest BCUT2D eigenvalue weighted by Crippen LogP contribution is 2.40.